The number of amides is 1. The molecule has 0 aliphatic heterocycles. The first-order valence-corrected chi connectivity index (χ1v) is 11.8. The van der Waals surface area contributed by atoms with Crippen molar-refractivity contribution >= 4 is 51.8 Å². The van der Waals surface area contributed by atoms with Gasteiger partial charge in [0, 0.05) is 12.1 Å². The number of ether oxygens (including phenoxy) is 1. The summed E-state index contributed by atoms with van der Waals surface area (Å²) in [4.78, 5) is 20.3. The number of imidazole rings is 1. The summed E-state index contributed by atoms with van der Waals surface area (Å²) >= 11 is 11.9. The van der Waals surface area contributed by atoms with E-state index in [4.69, 9.17) is 27.9 Å². The van der Waals surface area contributed by atoms with Crippen molar-refractivity contribution in [2.75, 3.05) is 11.9 Å². The van der Waals surface area contributed by atoms with Gasteiger partial charge in [0.25, 0.3) is 5.91 Å². The second kappa shape index (κ2) is 10.1. The zero-order valence-corrected chi connectivity index (χ0v) is 20.0. The number of halogens is 6. The normalized spacial score (nSPS) is 18.5. The van der Waals surface area contributed by atoms with Gasteiger partial charge in [0.2, 0.25) is 5.95 Å². The van der Waals surface area contributed by atoms with Gasteiger partial charge < -0.3 is 20.4 Å². The van der Waals surface area contributed by atoms with Crippen LogP contribution in [0.2, 0.25) is 10.0 Å². The van der Waals surface area contributed by atoms with E-state index in [1.165, 1.54) is 18.2 Å². The maximum absolute atomic E-state index is 14.4. The Kier molecular flexibility index (Phi) is 7.32. The van der Waals surface area contributed by atoms with Gasteiger partial charge >= 0.3 is 6.18 Å². The second-order valence-electron chi connectivity index (χ2n) is 8.29. The van der Waals surface area contributed by atoms with E-state index in [0.29, 0.717) is 11.0 Å². The van der Waals surface area contributed by atoms with Crippen LogP contribution in [0.5, 0.6) is 5.75 Å². The number of aromatic nitrogens is 2. The molecular weight excluding hydrogens is 511 g/mol. The molecule has 4 rings (SSSR count). The molecule has 2 aromatic carbocycles. The Hall–Kier alpha value is -2.72. The molecule has 6 nitrogen and oxygen atoms in total. The Balaban J connectivity index is 1.56. The predicted octanol–water partition coefficient (Wildman–Crippen LogP) is 7.00. The molecule has 0 saturated heterocycles. The van der Waals surface area contributed by atoms with Crippen LogP contribution < -0.4 is 15.4 Å². The number of nitrogens with zero attached hydrogens (tertiary/aromatic N) is 1. The van der Waals surface area contributed by atoms with E-state index >= 15 is 0 Å². The topological polar surface area (TPSA) is 79.0 Å². The molecule has 1 aromatic heterocycles. The van der Waals surface area contributed by atoms with Crippen molar-refractivity contribution in [1.82, 2.24) is 15.3 Å². The molecule has 0 bridgehead atoms. The van der Waals surface area contributed by atoms with Crippen LogP contribution in [0.4, 0.5) is 29.2 Å². The lowest BCUT2D eigenvalue weighted by Gasteiger charge is -2.30. The molecule has 1 fully saturated rings. The van der Waals surface area contributed by atoms with Crippen LogP contribution in [-0.4, -0.2) is 34.7 Å². The van der Waals surface area contributed by atoms with Gasteiger partial charge in [0.15, 0.2) is 5.82 Å². The van der Waals surface area contributed by atoms with E-state index < -0.39 is 23.8 Å². The summed E-state index contributed by atoms with van der Waals surface area (Å²) < 4.78 is 58.8. The molecule has 1 aliphatic carbocycles. The van der Waals surface area contributed by atoms with E-state index in [9.17, 15) is 22.4 Å². The number of fused-ring (bicyclic) bond motifs is 1. The van der Waals surface area contributed by atoms with Crippen LogP contribution in [-0.2, 0) is 0 Å². The van der Waals surface area contributed by atoms with Crippen LogP contribution in [0, 0.1) is 11.7 Å². The number of rotatable bonds is 6. The first-order chi connectivity index (χ1) is 16.6. The minimum Gasteiger partial charge on any atom is -0.493 e. The molecule has 0 spiro atoms. The lowest BCUT2D eigenvalue weighted by Crippen LogP contribution is -2.40. The number of aromatic amines is 1. The Morgan fingerprint density at radius 3 is 2.51 bits per heavy atom. The summed E-state index contributed by atoms with van der Waals surface area (Å²) in [7, 11) is 0. The number of H-pyrrole nitrogens is 1. The van der Waals surface area contributed by atoms with Crippen molar-refractivity contribution in [2.45, 2.75) is 44.8 Å². The molecule has 1 amide bonds. The molecule has 0 unspecified atom stereocenters. The zero-order valence-electron chi connectivity index (χ0n) is 18.5. The smallest absolute Gasteiger partial charge is 0.391 e. The van der Waals surface area contributed by atoms with Crippen molar-refractivity contribution in [3.05, 3.63) is 45.7 Å². The first-order valence-electron chi connectivity index (χ1n) is 11.0. The second-order valence-corrected chi connectivity index (χ2v) is 9.11. The van der Waals surface area contributed by atoms with Gasteiger partial charge in [0.1, 0.15) is 5.75 Å². The minimum absolute atomic E-state index is 0.0238. The average molecular weight is 533 g/mol. The summed E-state index contributed by atoms with van der Waals surface area (Å²) in [6, 6.07) is 5.50. The van der Waals surface area contributed by atoms with E-state index in [-0.39, 0.29) is 71.3 Å². The fourth-order valence-corrected chi connectivity index (χ4v) is 4.49. The zero-order chi connectivity index (χ0) is 25.3. The molecule has 0 atom stereocenters. The number of hydrogen-bond acceptors (Lipinski definition) is 4. The highest BCUT2D eigenvalue weighted by Crippen LogP contribution is 2.38. The Labute approximate surface area is 208 Å². The monoisotopic (exact) mass is 532 g/mol. The van der Waals surface area contributed by atoms with Gasteiger partial charge in [-0.1, -0.05) is 23.2 Å². The summed E-state index contributed by atoms with van der Waals surface area (Å²) in [5.41, 5.74) is 1.05. The molecule has 3 N–H and O–H groups in total. The number of carbonyl (C=O) groups is 1. The fraction of sp³-hybridized carbons (Fsp3) is 0.391. The summed E-state index contributed by atoms with van der Waals surface area (Å²) in [5, 5.41) is 5.57. The third-order valence-electron chi connectivity index (χ3n) is 5.94. The van der Waals surface area contributed by atoms with Crippen LogP contribution in [0.15, 0.2) is 24.3 Å². The number of hydrogen-bond donors (Lipinski definition) is 3. The lowest BCUT2D eigenvalue weighted by atomic mass is 9.85. The van der Waals surface area contributed by atoms with Crippen LogP contribution in [0.25, 0.3) is 11.0 Å². The van der Waals surface area contributed by atoms with Crippen molar-refractivity contribution in [1.29, 1.82) is 0 Å². The Morgan fingerprint density at radius 1 is 1.17 bits per heavy atom. The first kappa shape index (κ1) is 25.4. The molecule has 188 valence electrons. The van der Waals surface area contributed by atoms with Crippen molar-refractivity contribution in [3.8, 4) is 5.75 Å². The maximum Gasteiger partial charge on any atom is 0.391 e. The standard InChI is InChI=1S/C23H22Cl2F4N4O2/c1-2-35-18-10-17-16(31-22(32-17)33-20-15(25)8-7-14(24)19(20)26)9-13(18)21(34)30-12-5-3-11(4-6-12)23(27,28)29/h7-12H,2-6H2,1H3,(H,30,34)(H2,31,32,33). The van der Waals surface area contributed by atoms with Crippen molar-refractivity contribution in [2.24, 2.45) is 5.92 Å². The van der Waals surface area contributed by atoms with Crippen molar-refractivity contribution in [3.63, 3.8) is 0 Å². The summed E-state index contributed by atoms with van der Waals surface area (Å²) in [6.45, 7) is 2.03. The summed E-state index contributed by atoms with van der Waals surface area (Å²) in [5.74, 6) is -2.10. The highest BCUT2D eigenvalue weighted by atomic mass is 35.5. The van der Waals surface area contributed by atoms with Crippen LogP contribution in [0.1, 0.15) is 43.0 Å². The van der Waals surface area contributed by atoms with E-state index in [1.807, 2.05) is 0 Å². The predicted molar refractivity (Wildman–Crippen MR) is 126 cm³/mol. The number of alkyl halides is 3. The molecule has 35 heavy (non-hydrogen) atoms. The molecule has 3 aromatic rings. The van der Waals surface area contributed by atoms with Crippen LogP contribution in [0.3, 0.4) is 0 Å². The Bertz CT molecular complexity index is 1240. The third kappa shape index (κ3) is 5.59. The van der Waals surface area contributed by atoms with E-state index in [2.05, 4.69) is 20.6 Å². The highest BCUT2D eigenvalue weighted by molar-refractivity contribution is 6.35. The number of nitrogens with one attached hydrogen (secondary N) is 3. The van der Waals surface area contributed by atoms with Gasteiger partial charge in [-0.15, -0.1) is 0 Å². The maximum atomic E-state index is 14.4. The quantitative estimate of drug-likeness (QED) is 0.236. The number of carbonyl (C=O) groups excluding carboxylic acids is 1. The van der Waals surface area contributed by atoms with Gasteiger partial charge in [-0.3, -0.25) is 4.79 Å². The molecule has 1 saturated carbocycles. The number of anilines is 2. The van der Waals surface area contributed by atoms with Gasteiger partial charge in [-0.2, -0.15) is 13.2 Å². The molecule has 1 aliphatic rings. The number of benzene rings is 2. The van der Waals surface area contributed by atoms with Gasteiger partial charge in [-0.25, -0.2) is 9.37 Å². The third-order valence-corrected chi connectivity index (χ3v) is 6.55. The SMILES string of the molecule is CCOc1cc2nc(Nc3c(Cl)ccc(Cl)c3F)[nH]c2cc1C(=O)NC1CCC(C(F)(F)F)CC1. The summed E-state index contributed by atoms with van der Waals surface area (Å²) in [6.07, 6.45) is -3.78. The van der Waals surface area contributed by atoms with Crippen LogP contribution >= 0.6 is 23.2 Å². The van der Waals surface area contributed by atoms with E-state index in [1.54, 1.807) is 13.0 Å². The average Bonchev–Trinajstić information content (AvgIpc) is 3.20. The van der Waals surface area contributed by atoms with Gasteiger partial charge in [0.05, 0.1) is 44.9 Å². The van der Waals surface area contributed by atoms with E-state index in [0.717, 1.165) is 0 Å². The molecule has 0 radical (unpaired) electrons. The Morgan fingerprint density at radius 2 is 1.86 bits per heavy atom. The van der Waals surface area contributed by atoms with Gasteiger partial charge in [-0.05, 0) is 50.8 Å². The molecule has 12 heteroatoms. The largest absolute Gasteiger partial charge is 0.493 e. The minimum atomic E-state index is -4.22. The molecular formula is C23H22Cl2F4N4O2. The highest BCUT2D eigenvalue weighted by Gasteiger charge is 2.41. The lowest BCUT2D eigenvalue weighted by molar-refractivity contribution is -0.182. The molecule has 1 heterocycles. The fourth-order valence-electron chi connectivity index (χ4n) is 4.14. The van der Waals surface area contributed by atoms with Crippen molar-refractivity contribution < 1.29 is 27.1 Å².